The second kappa shape index (κ2) is 7.78. The Hall–Kier alpha value is -2.61. The maximum absolute atomic E-state index is 12.3. The molecule has 0 aliphatic heterocycles. The molecule has 0 bridgehead atoms. The SMILES string of the molecule is CC(C)(O)C#Cc1cccc(C(=O)NCc2cccc(CO)c2)c1. The number of aliphatic hydroxyl groups excluding tert-OH is 1. The normalized spacial score (nSPS) is 10.7. The lowest BCUT2D eigenvalue weighted by Gasteiger charge is -2.08. The highest BCUT2D eigenvalue weighted by molar-refractivity contribution is 5.94. The minimum absolute atomic E-state index is 0.0241. The number of carbonyl (C=O) groups excluding carboxylic acids is 1. The smallest absolute Gasteiger partial charge is 0.251 e. The lowest BCUT2D eigenvalue weighted by Crippen LogP contribution is -2.22. The van der Waals surface area contributed by atoms with Crippen LogP contribution in [0.1, 0.15) is 40.9 Å². The van der Waals surface area contributed by atoms with Gasteiger partial charge in [-0.15, -0.1) is 0 Å². The highest BCUT2D eigenvalue weighted by atomic mass is 16.3. The Labute approximate surface area is 142 Å². The Kier molecular flexibility index (Phi) is 5.75. The summed E-state index contributed by atoms with van der Waals surface area (Å²) in [5.41, 5.74) is 1.84. The van der Waals surface area contributed by atoms with E-state index in [4.69, 9.17) is 5.11 Å². The van der Waals surface area contributed by atoms with Crippen LogP contribution in [0, 0.1) is 11.8 Å². The zero-order chi connectivity index (χ0) is 17.6. The first-order valence-electron chi connectivity index (χ1n) is 7.70. The van der Waals surface area contributed by atoms with Crippen LogP contribution in [0.15, 0.2) is 48.5 Å². The molecule has 3 N–H and O–H groups in total. The van der Waals surface area contributed by atoms with Gasteiger partial charge in [-0.05, 0) is 43.2 Å². The van der Waals surface area contributed by atoms with Crippen LogP contribution in [0.4, 0.5) is 0 Å². The molecule has 0 aromatic heterocycles. The summed E-state index contributed by atoms with van der Waals surface area (Å²) in [6.07, 6.45) is 0. The maximum atomic E-state index is 12.3. The van der Waals surface area contributed by atoms with Gasteiger partial charge in [0.1, 0.15) is 5.60 Å². The Morgan fingerprint density at radius 3 is 2.54 bits per heavy atom. The van der Waals surface area contributed by atoms with Gasteiger partial charge in [-0.25, -0.2) is 0 Å². The summed E-state index contributed by atoms with van der Waals surface area (Å²) < 4.78 is 0. The van der Waals surface area contributed by atoms with E-state index < -0.39 is 5.60 Å². The molecular weight excluding hydrogens is 302 g/mol. The van der Waals surface area contributed by atoms with E-state index in [2.05, 4.69) is 17.2 Å². The number of hydrogen-bond donors (Lipinski definition) is 3. The molecule has 2 aromatic carbocycles. The zero-order valence-corrected chi connectivity index (χ0v) is 13.8. The molecule has 4 nitrogen and oxygen atoms in total. The van der Waals surface area contributed by atoms with Crippen LogP contribution in [0.2, 0.25) is 0 Å². The average Bonchev–Trinajstić information content (AvgIpc) is 2.57. The van der Waals surface area contributed by atoms with Crippen LogP contribution in [0.25, 0.3) is 0 Å². The van der Waals surface area contributed by atoms with Gasteiger partial charge < -0.3 is 15.5 Å². The molecule has 2 rings (SSSR count). The number of hydrogen-bond acceptors (Lipinski definition) is 3. The summed E-state index contributed by atoms with van der Waals surface area (Å²) in [6, 6.07) is 14.4. The van der Waals surface area contributed by atoms with Crippen LogP contribution in [-0.4, -0.2) is 21.7 Å². The summed E-state index contributed by atoms with van der Waals surface area (Å²) in [7, 11) is 0. The van der Waals surface area contributed by atoms with Crippen LogP contribution < -0.4 is 5.32 Å². The van der Waals surface area contributed by atoms with Crippen molar-refractivity contribution in [3.63, 3.8) is 0 Å². The highest BCUT2D eigenvalue weighted by Gasteiger charge is 2.08. The standard InChI is InChI=1S/C20H21NO3/c1-20(2,24)10-9-15-5-4-8-18(12-15)19(23)21-13-16-6-3-7-17(11-16)14-22/h3-8,11-12,22,24H,13-14H2,1-2H3,(H,21,23). The van der Waals surface area contributed by atoms with Gasteiger partial charge in [0, 0.05) is 17.7 Å². The van der Waals surface area contributed by atoms with Gasteiger partial charge in [-0.3, -0.25) is 4.79 Å². The molecule has 0 saturated heterocycles. The lowest BCUT2D eigenvalue weighted by molar-refractivity contribution is 0.0951. The van der Waals surface area contributed by atoms with Gasteiger partial charge in [-0.1, -0.05) is 42.2 Å². The van der Waals surface area contributed by atoms with E-state index in [1.165, 1.54) is 0 Å². The van der Waals surface area contributed by atoms with Gasteiger partial charge >= 0.3 is 0 Å². The van der Waals surface area contributed by atoms with E-state index in [-0.39, 0.29) is 12.5 Å². The van der Waals surface area contributed by atoms with Gasteiger partial charge in [0.15, 0.2) is 0 Å². The van der Waals surface area contributed by atoms with Crippen LogP contribution in [0.5, 0.6) is 0 Å². The van der Waals surface area contributed by atoms with Crippen molar-refractivity contribution in [3.8, 4) is 11.8 Å². The molecular formula is C20H21NO3. The fourth-order valence-electron chi connectivity index (χ4n) is 2.09. The van der Waals surface area contributed by atoms with Crippen molar-refractivity contribution >= 4 is 5.91 Å². The Bertz CT molecular complexity index is 779. The third kappa shape index (κ3) is 5.54. The molecule has 0 saturated carbocycles. The molecule has 24 heavy (non-hydrogen) atoms. The second-order valence-electron chi connectivity index (χ2n) is 6.05. The molecule has 2 aromatic rings. The predicted octanol–water partition coefficient (Wildman–Crippen LogP) is 2.23. The number of aliphatic hydroxyl groups is 2. The third-order valence-electron chi connectivity index (χ3n) is 3.26. The van der Waals surface area contributed by atoms with E-state index in [9.17, 15) is 9.90 Å². The molecule has 0 unspecified atom stereocenters. The molecule has 0 heterocycles. The van der Waals surface area contributed by atoms with Gasteiger partial charge in [0.25, 0.3) is 5.91 Å². The number of amides is 1. The maximum Gasteiger partial charge on any atom is 0.251 e. The van der Waals surface area contributed by atoms with E-state index >= 15 is 0 Å². The predicted molar refractivity (Wildman–Crippen MR) is 93.2 cm³/mol. The first-order valence-corrected chi connectivity index (χ1v) is 7.70. The molecule has 0 aliphatic rings. The van der Waals surface area contributed by atoms with Gasteiger partial charge in [-0.2, -0.15) is 0 Å². The Balaban J connectivity index is 2.05. The molecule has 0 atom stereocenters. The first kappa shape index (κ1) is 17.7. The number of carbonyl (C=O) groups is 1. The second-order valence-corrected chi connectivity index (χ2v) is 6.05. The Morgan fingerprint density at radius 2 is 1.83 bits per heavy atom. The lowest BCUT2D eigenvalue weighted by atomic mass is 10.1. The average molecular weight is 323 g/mol. The Morgan fingerprint density at radius 1 is 1.12 bits per heavy atom. The summed E-state index contributed by atoms with van der Waals surface area (Å²) >= 11 is 0. The van der Waals surface area contributed by atoms with Crippen LogP contribution >= 0.6 is 0 Å². The quantitative estimate of drug-likeness (QED) is 0.756. The first-order chi connectivity index (χ1) is 11.4. The molecule has 1 amide bonds. The van der Waals surface area contributed by atoms with Crippen LogP contribution in [0.3, 0.4) is 0 Å². The van der Waals surface area contributed by atoms with Crippen molar-refractivity contribution in [3.05, 3.63) is 70.8 Å². The van der Waals surface area contributed by atoms with Crippen molar-refractivity contribution in [2.45, 2.75) is 32.6 Å². The largest absolute Gasteiger partial charge is 0.392 e. The topological polar surface area (TPSA) is 69.6 Å². The number of benzene rings is 2. The number of nitrogens with one attached hydrogen (secondary N) is 1. The van der Waals surface area contributed by atoms with Crippen molar-refractivity contribution < 1.29 is 15.0 Å². The summed E-state index contributed by atoms with van der Waals surface area (Å²) in [5, 5.41) is 21.6. The fourth-order valence-corrected chi connectivity index (χ4v) is 2.09. The summed E-state index contributed by atoms with van der Waals surface area (Å²) in [6.45, 7) is 3.57. The van der Waals surface area contributed by atoms with Crippen molar-refractivity contribution in [1.82, 2.24) is 5.32 Å². The highest BCUT2D eigenvalue weighted by Crippen LogP contribution is 2.08. The van der Waals surface area contributed by atoms with E-state index in [0.717, 1.165) is 11.1 Å². The van der Waals surface area contributed by atoms with E-state index in [0.29, 0.717) is 17.7 Å². The molecule has 0 aliphatic carbocycles. The third-order valence-corrected chi connectivity index (χ3v) is 3.26. The van der Waals surface area contributed by atoms with Crippen molar-refractivity contribution in [2.24, 2.45) is 0 Å². The van der Waals surface area contributed by atoms with Gasteiger partial charge in [0.2, 0.25) is 0 Å². The van der Waals surface area contributed by atoms with E-state index in [1.54, 1.807) is 38.1 Å². The van der Waals surface area contributed by atoms with Gasteiger partial charge in [0.05, 0.1) is 6.61 Å². The number of rotatable bonds is 4. The molecule has 124 valence electrons. The summed E-state index contributed by atoms with van der Waals surface area (Å²) in [4.78, 5) is 12.3. The van der Waals surface area contributed by atoms with E-state index in [1.807, 2.05) is 24.3 Å². The van der Waals surface area contributed by atoms with Crippen molar-refractivity contribution in [1.29, 1.82) is 0 Å². The summed E-state index contributed by atoms with van der Waals surface area (Å²) in [5.74, 6) is 5.39. The molecule has 0 spiro atoms. The monoisotopic (exact) mass is 323 g/mol. The zero-order valence-electron chi connectivity index (χ0n) is 13.8. The fraction of sp³-hybridized carbons (Fsp3) is 0.250. The van der Waals surface area contributed by atoms with Crippen molar-refractivity contribution in [2.75, 3.05) is 0 Å². The van der Waals surface area contributed by atoms with Crippen LogP contribution in [-0.2, 0) is 13.2 Å². The molecule has 0 radical (unpaired) electrons. The molecule has 0 fully saturated rings. The molecule has 4 heteroatoms. The minimum atomic E-state index is -1.07. The minimum Gasteiger partial charge on any atom is -0.392 e.